The van der Waals surface area contributed by atoms with Gasteiger partial charge in [0.25, 0.3) is 5.91 Å². The molecule has 0 spiro atoms. The number of esters is 1. The Balaban J connectivity index is 2.62. The molecule has 1 atom stereocenters. The fraction of sp³-hybridized carbons (Fsp3) is 0.250. The van der Waals surface area contributed by atoms with Crippen molar-refractivity contribution in [1.82, 2.24) is 0 Å². The van der Waals surface area contributed by atoms with Gasteiger partial charge in [0.15, 0.2) is 0 Å². The average Bonchev–Trinajstić information content (AvgIpc) is 2.39. The number of hydrogen-bond donors (Lipinski definition) is 1. The van der Waals surface area contributed by atoms with Gasteiger partial charge >= 0.3 is 5.97 Å². The van der Waals surface area contributed by atoms with E-state index in [1.54, 1.807) is 30.3 Å². The van der Waals surface area contributed by atoms with E-state index in [2.05, 4.69) is 4.74 Å². The number of methoxy groups -OCH3 is 1. The van der Waals surface area contributed by atoms with Crippen LogP contribution in [0, 0.1) is 11.3 Å². The van der Waals surface area contributed by atoms with Crippen molar-refractivity contribution >= 4 is 11.9 Å². The summed E-state index contributed by atoms with van der Waals surface area (Å²) in [6.45, 7) is 0.0582. The van der Waals surface area contributed by atoms with Gasteiger partial charge in [0.2, 0.25) is 6.10 Å². The van der Waals surface area contributed by atoms with Gasteiger partial charge in [0.1, 0.15) is 6.07 Å². The van der Waals surface area contributed by atoms with Gasteiger partial charge in [-0.05, 0) is 17.7 Å². The lowest BCUT2D eigenvalue weighted by atomic mass is 10.1. The summed E-state index contributed by atoms with van der Waals surface area (Å²) in [4.78, 5) is 21.9. The van der Waals surface area contributed by atoms with Crippen LogP contribution in [0.2, 0.25) is 0 Å². The number of ether oxygens (including phenoxy) is 2. The summed E-state index contributed by atoms with van der Waals surface area (Å²) in [7, 11) is 1.30. The summed E-state index contributed by atoms with van der Waals surface area (Å²) < 4.78 is 9.56. The minimum atomic E-state index is -1.27. The van der Waals surface area contributed by atoms with Crippen LogP contribution in [0.15, 0.2) is 24.3 Å². The third-order valence-corrected chi connectivity index (χ3v) is 2.17. The molecule has 0 radical (unpaired) electrons. The Morgan fingerprint density at radius 2 is 2.00 bits per heavy atom. The predicted octanol–water partition coefficient (Wildman–Crippen LogP) is 0.367. The summed E-state index contributed by atoms with van der Waals surface area (Å²) in [5.74, 6) is -1.27. The number of primary amides is 1. The van der Waals surface area contributed by atoms with Crippen molar-refractivity contribution < 1.29 is 19.1 Å². The van der Waals surface area contributed by atoms with E-state index in [4.69, 9.17) is 15.7 Å². The summed E-state index contributed by atoms with van der Waals surface area (Å²) in [6.07, 6.45) is -1.27. The van der Waals surface area contributed by atoms with Crippen molar-refractivity contribution in [2.24, 2.45) is 5.73 Å². The summed E-state index contributed by atoms with van der Waals surface area (Å²) in [6, 6.07) is 8.05. The first kappa shape index (κ1) is 13.7. The zero-order valence-electron chi connectivity index (χ0n) is 9.75. The standard InChI is InChI=1S/C12H12N2O4/c1-17-12(16)9-4-2-8(3-5-9)7-18-10(6-13)11(14)15/h2-5,10H,7H2,1H3,(H2,14,15). The van der Waals surface area contributed by atoms with Gasteiger partial charge in [-0.25, -0.2) is 4.79 Å². The number of hydrogen-bond acceptors (Lipinski definition) is 5. The molecule has 94 valence electrons. The van der Waals surface area contributed by atoms with Crippen LogP contribution in [0.4, 0.5) is 0 Å². The molecule has 0 bridgehead atoms. The number of carbonyl (C=O) groups is 2. The quantitative estimate of drug-likeness (QED) is 0.758. The molecule has 6 heteroatoms. The second-order valence-electron chi connectivity index (χ2n) is 3.41. The van der Waals surface area contributed by atoms with E-state index in [0.717, 1.165) is 0 Å². The van der Waals surface area contributed by atoms with Gasteiger partial charge in [-0.15, -0.1) is 0 Å². The van der Waals surface area contributed by atoms with Crippen LogP contribution in [-0.4, -0.2) is 25.1 Å². The molecule has 6 nitrogen and oxygen atoms in total. The smallest absolute Gasteiger partial charge is 0.337 e. The van der Waals surface area contributed by atoms with E-state index in [1.165, 1.54) is 7.11 Å². The van der Waals surface area contributed by atoms with Crippen LogP contribution in [-0.2, 0) is 20.9 Å². The van der Waals surface area contributed by atoms with Gasteiger partial charge in [0.05, 0.1) is 19.3 Å². The fourth-order valence-corrected chi connectivity index (χ4v) is 1.22. The lowest BCUT2D eigenvalue weighted by Crippen LogP contribution is -2.29. The molecule has 0 heterocycles. The highest BCUT2D eigenvalue weighted by Gasteiger charge is 2.14. The molecule has 0 aromatic heterocycles. The van der Waals surface area contributed by atoms with E-state index >= 15 is 0 Å². The van der Waals surface area contributed by atoms with Gasteiger partial charge in [-0.3, -0.25) is 4.79 Å². The number of rotatable bonds is 5. The summed E-state index contributed by atoms with van der Waals surface area (Å²) in [5.41, 5.74) is 6.07. The summed E-state index contributed by atoms with van der Waals surface area (Å²) >= 11 is 0. The van der Waals surface area contributed by atoms with Crippen LogP contribution in [0.1, 0.15) is 15.9 Å². The molecular weight excluding hydrogens is 236 g/mol. The second-order valence-corrected chi connectivity index (χ2v) is 3.41. The number of nitriles is 1. The molecular formula is C12H12N2O4. The van der Waals surface area contributed by atoms with Gasteiger partial charge in [0, 0.05) is 0 Å². The van der Waals surface area contributed by atoms with E-state index in [-0.39, 0.29) is 6.61 Å². The lowest BCUT2D eigenvalue weighted by Gasteiger charge is -2.07. The third-order valence-electron chi connectivity index (χ3n) is 2.17. The van der Waals surface area contributed by atoms with Crippen LogP contribution in [0.25, 0.3) is 0 Å². The topological polar surface area (TPSA) is 102 Å². The molecule has 1 rings (SSSR count). The van der Waals surface area contributed by atoms with E-state index in [9.17, 15) is 9.59 Å². The van der Waals surface area contributed by atoms with Crippen molar-refractivity contribution in [2.75, 3.05) is 7.11 Å². The highest BCUT2D eigenvalue weighted by atomic mass is 16.5. The average molecular weight is 248 g/mol. The molecule has 1 amide bonds. The zero-order chi connectivity index (χ0) is 13.5. The monoisotopic (exact) mass is 248 g/mol. The Kier molecular flexibility index (Phi) is 4.84. The maximum absolute atomic E-state index is 11.2. The molecule has 0 aliphatic heterocycles. The Bertz CT molecular complexity index is 476. The maximum atomic E-state index is 11.2. The first-order valence-corrected chi connectivity index (χ1v) is 5.06. The summed E-state index contributed by atoms with van der Waals surface area (Å²) in [5, 5.41) is 8.59. The SMILES string of the molecule is COC(=O)c1ccc(COC(C#N)C(N)=O)cc1. The second kappa shape index (κ2) is 6.37. The maximum Gasteiger partial charge on any atom is 0.337 e. The van der Waals surface area contributed by atoms with Gasteiger partial charge in [-0.1, -0.05) is 12.1 Å². The number of nitrogens with two attached hydrogens (primary N) is 1. The van der Waals surface area contributed by atoms with Gasteiger partial charge in [-0.2, -0.15) is 5.26 Å². The number of nitrogens with zero attached hydrogens (tertiary/aromatic N) is 1. The van der Waals surface area contributed by atoms with Crippen molar-refractivity contribution in [3.8, 4) is 6.07 Å². The highest BCUT2D eigenvalue weighted by Crippen LogP contribution is 2.08. The minimum absolute atomic E-state index is 0.0582. The molecule has 1 unspecified atom stereocenters. The van der Waals surface area contributed by atoms with E-state index < -0.39 is 18.0 Å². The van der Waals surface area contributed by atoms with Crippen LogP contribution >= 0.6 is 0 Å². The molecule has 0 saturated heterocycles. The zero-order valence-corrected chi connectivity index (χ0v) is 9.75. The van der Waals surface area contributed by atoms with E-state index in [1.807, 2.05) is 0 Å². The van der Waals surface area contributed by atoms with Crippen molar-refractivity contribution in [1.29, 1.82) is 5.26 Å². The van der Waals surface area contributed by atoms with Crippen molar-refractivity contribution in [3.63, 3.8) is 0 Å². The largest absolute Gasteiger partial charge is 0.465 e. The Morgan fingerprint density at radius 1 is 1.39 bits per heavy atom. The number of benzene rings is 1. The van der Waals surface area contributed by atoms with Crippen LogP contribution < -0.4 is 5.73 Å². The molecule has 0 fully saturated rings. The highest BCUT2D eigenvalue weighted by molar-refractivity contribution is 5.89. The van der Waals surface area contributed by atoms with Gasteiger partial charge < -0.3 is 15.2 Å². The number of amides is 1. The predicted molar refractivity (Wildman–Crippen MR) is 61.2 cm³/mol. The molecule has 1 aromatic rings. The van der Waals surface area contributed by atoms with E-state index in [0.29, 0.717) is 11.1 Å². The normalized spacial score (nSPS) is 11.3. The minimum Gasteiger partial charge on any atom is -0.465 e. The third kappa shape index (κ3) is 3.57. The Hall–Kier alpha value is -2.39. The Morgan fingerprint density at radius 3 is 2.44 bits per heavy atom. The molecule has 0 aliphatic rings. The molecule has 18 heavy (non-hydrogen) atoms. The molecule has 2 N–H and O–H groups in total. The number of carbonyl (C=O) groups excluding carboxylic acids is 2. The van der Waals surface area contributed by atoms with Crippen molar-refractivity contribution in [3.05, 3.63) is 35.4 Å². The molecule has 0 saturated carbocycles. The van der Waals surface area contributed by atoms with Crippen molar-refractivity contribution in [2.45, 2.75) is 12.7 Å². The molecule has 0 aliphatic carbocycles. The van der Waals surface area contributed by atoms with Crippen LogP contribution in [0.5, 0.6) is 0 Å². The Labute approximate surface area is 104 Å². The molecule has 1 aromatic carbocycles. The fourth-order valence-electron chi connectivity index (χ4n) is 1.22. The lowest BCUT2D eigenvalue weighted by molar-refractivity contribution is -0.126. The van der Waals surface area contributed by atoms with Crippen LogP contribution in [0.3, 0.4) is 0 Å². The first-order valence-electron chi connectivity index (χ1n) is 5.06. The first-order chi connectivity index (χ1) is 8.58.